The molecule has 4 rings (SSSR count). The minimum atomic E-state index is -0.214. The summed E-state index contributed by atoms with van der Waals surface area (Å²) in [6.07, 6.45) is 2.75. The van der Waals surface area contributed by atoms with Gasteiger partial charge in [0, 0.05) is 23.6 Å². The van der Waals surface area contributed by atoms with Crippen molar-refractivity contribution in [3.05, 3.63) is 60.0 Å². The number of halogens is 1. The van der Waals surface area contributed by atoms with Gasteiger partial charge in [0.15, 0.2) is 0 Å². The zero-order valence-corrected chi connectivity index (χ0v) is 11.4. The Balaban J connectivity index is 1.62. The van der Waals surface area contributed by atoms with Gasteiger partial charge in [-0.1, -0.05) is 12.1 Å². The lowest BCUT2D eigenvalue weighted by Crippen LogP contribution is -2.20. The number of hydrogen-bond acceptors (Lipinski definition) is 2. The van der Waals surface area contributed by atoms with Crippen LogP contribution in [0.2, 0.25) is 0 Å². The number of fused-ring (bicyclic) bond motifs is 2. The smallest absolute Gasteiger partial charge is 0.123 e. The van der Waals surface area contributed by atoms with Crippen molar-refractivity contribution in [3.8, 4) is 5.75 Å². The van der Waals surface area contributed by atoms with Crippen molar-refractivity contribution >= 4 is 16.6 Å². The molecule has 0 amide bonds. The quantitative estimate of drug-likeness (QED) is 0.732. The molecule has 4 heteroatoms. The molecule has 1 aliphatic rings. The van der Waals surface area contributed by atoms with Crippen LogP contribution in [0.4, 0.5) is 10.1 Å². The number of para-hydroxylation sites is 1. The van der Waals surface area contributed by atoms with E-state index in [2.05, 4.69) is 4.57 Å². The predicted molar refractivity (Wildman–Crippen MR) is 80.9 cm³/mol. The topological polar surface area (TPSA) is 40.2 Å². The van der Waals surface area contributed by atoms with Gasteiger partial charge < -0.3 is 15.0 Å². The third kappa shape index (κ3) is 2.03. The molecular formula is C17H15FN2O. The van der Waals surface area contributed by atoms with E-state index in [1.165, 1.54) is 6.07 Å². The second-order valence-electron chi connectivity index (χ2n) is 5.45. The zero-order chi connectivity index (χ0) is 14.4. The number of nitrogens with two attached hydrogens (primary N) is 1. The van der Waals surface area contributed by atoms with Gasteiger partial charge in [-0.05, 0) is 30.3 Å². The number of benzene rings is 2. The van der Waals surface area contributed by atoms with Gasteiger partial charge in [0.2, 0.25) is 0 Å². The third-order valence-electron chi connectivity index (χ3n) is 3.98. The maximum absolute atomic E-state index is 13.3. The van der Waals surface area contributed by atoms with E-state index in [0.717, 1.165) is 34.3 Å². The van der Waals surface area contributed by atoms with Crippen molar-refractivity contribution < 1.29 is 9.13 Å². The molecule has 1 aromatic heterocycles. The summed E-state index contributed by atoms with van der Waals surface area (Å²) in [6.45, 7) is 0.702. The first-order valence-corrected chi connectivity index (χ1v) is 6.99. The van der Waals surface area contributed by atoms with Crippen LogP contribution in [0.5, 0.6) is 5.75 Å². The van der Waals surface area contributed by atoms with E-state index in [1.807, 2.05) is 30.5 Å². The van der Waals surface area contributed by atoms with Crippen molar-refractivity contribution in [1.29, 1.82) is 0 Å². The Labute approximate surface area is 121 Å². The van der Waals surface area contributed by atoms with E-state index in [1.54, 1.807) is 12.1 Å². The van der Waals surface area contributed by atoms with Crippen LogP contribution in [0.1, 0.15) is 5.56 Å². The molecule has 1 aliphatic heterocycles. The Morgan fingerprint density at radius 1 is 1.24 bits per heavy atom. The molecule has 0 radical (unpaired) electrons. The molecule has 2 heterocycles. The molecule has 0 bridgehead atoms. The van der Waals surface area contributed by atoms with Gasteiger partial charge in [0.1, 0.15) is 17.7 Å². The number of nitrogen functional groups attached to an aromatic ring is 1. The summed E-state index contributed by atoms with van der Waals surface area (Å²) in [5, 5.41) is 1.12. The number of aromatic nitrogens is 1. The average Bonchev–Trinajstić information content (AvgIpc) is 3.03. The van der Waals surface area contributed by atoms with Gasteiger partial charge in [0.05, 0.1) is 17.7 Å². The van der Waals surface area contributed by atoms with Crippen LogP contribution in [-0.4, -0.2) is 10.7 Å². The van der Waals surface area contributed by atoms with Gasteiger partial charge >= 0.3 is 0 Å². The SMILES string of the molecule is Nc1cccc2ccn(CC3Cc4cc(F)ccc4O3)c12. The Hall–Kier alpha value is -2.49. The van der Waals surface area contributed by atoms with Gasteiger partial charge in [-0.2, -0.15) is 0 Å². The van der Waals surface area contributed by atoms with Crippen molar-refractivity contribution in [3.63, 3.8) is 0 Å². The van der Waals surface area contributed by atoms with E-state index in [4.69, 9.17) is 10.5 Å². The summed E-state index contributed by atoms with van der Waals surface area (Å²) < 4.78 is 21.3. The van der Waals surface area contributed by atoms with Crippen LogP contribution in [0.3, 0.4) is 0 Å². The van der Waals surface area contributed by atoms with Crippen LogP contribution in [0.25, 0.3) is 10.9 Å². The maximum atomic E-state index is 13.3. The minimum absolute atomic E-state index is 0.0111. The molecule has 2 N–H and O–H groups in total. The average molecular weight is 282 g/mol. The Morgan fingerprint density at radius 3 is 3.05 bits per heavy atom. The summed E-state index contributed by atoms with van der Waals surface area (Å²) in [6, 6.07) is 12.6. The lowest BCUT2D eigenvalue weighted by atomic mass is 10.1. The van der Waals surface area contributed by atoms with Gasteiger partial charge in [-0.25, -0.2) is 4.39 Å². The van der Waals surface area contributed by atoms with E-state index >= 15 is 0 Å². The van der Waals surface area contributed by atoms with Gasteiger partial charge in [-0.3, -0.25) is 0 Å². The standard InChI is InChI=1S/C17H15FN2O/c18-13-4-5-16-12(8-13)9-14(21-16)10-20-7-6-11-2-1-3-15(19)17(11)20/h1-8,14H,9-10,19H2. The van der Waals surface area contributed by atoms with E-state index in [0.29, 0.717) is 6.54 Å². The Morgan fingerprint density at radius 2 is 2.14 bits per heavy atom. The van der Waals surface area contributed by atoms with E-state index < -0.39 is 0 Å². The lowest BCUT2D eigenvalue weighted by Gasteiger charge is -2.13. The molecule has 3 nitrogen and oxygen atoms in total. The molecule has 3 aromatic rings. The maximum Gasteiger partial charge on any atom is 0.123 e. The molecule has 1 unspecified atom stereocenters. The number of nitrogens with zero attached hydrogens (tertiary/aromatic N) is 1. The van der Waals surface area contributed by atoms with Crippen LogP contribution in [-0.2, 0) is 13.0 Å². The summed E-state index contributed by atoms with van der Waals surface area (Å²) in [7, 11) is 0. The highest BCUT2D eigenvalue weighted by atomic mass is 19.1. The van der Waals surface area contributed by atoms with Crippen molar-refractivity contribution in [2.24, 2.45) is 0 Å². The first-order chi connectivity index (χ1) is 10.2. The molecule has 0 aliphatic carbocycles. The largest absolute Gasteiger partial charge is 0.488 e. The molecule has 0 saturated heterocycles. The number of hydrogen-bond donors (Lipinski definition) is 1. The highest BCUT2D eigenvalue weighted by Gasteiger charge is 2.24. The van der Waals surface area contributed by atoms with Crippen LogP contribution in [0, 0.1) is 5.82 Å². The van der Waals surface area contributed by atoms with E-state index in [-0.39, 0.29) is 11.9 Å². The first kappa shape index (κ1) is 12.3. The fourth-order valence-electron chi connectivity index (χ4n) is 3.05. The Bertz CT molecular complexity index is 825. The molecule has 0 spiro atoms. The highest BCUT2D eigenvalue weighted by Crippen LogP contribution is 2.31. The minimum Gasteiger partial charge on any atom is -0.488 e. The molecule has 0 fully saturated rings. The summed E-state index contributed by atoms with van der Waals surface area (Å²) >= 11 is 0. The molecule has 106 valence electrons. The third-order valence-corrected chi connectivity index (χ3v) is 3.98. The lowest BCUT2D eigenvalue weighted by molar-refractivity contribution is 0.211. The monoisotopic (exact) mass is 282 g/mol. The second kappa shape index (κ2) is 4.52. The fourth-order valence-corrected chi connectivity index (χ4v) is 3.05. The fraction of sp³-hybridized carbons (Fsp3) is 0.176. The number of ether oxygens (including phenoxy) is 1. The summed E-state index contributed by atoms with van der Waals surface area (Å²) in [4.78, 5) is 0. The highest BCUT2D eigenvalue weighted by molar-refractivity contribution is 5.90. The van der Waals surface area contributed by atoms with Crippen molar-refractivity contribution in [2.75, 3.05) is 5.73 Å². The molecule has 1 atom stereocenters. The number of anilines is 1. The predicted octanol–water partition coefficient (Wildman–Crippen LogP) is 3.37. The van der Waals surface area contributed by atoms with Crippen LogP contribution in [0.15, 0.2) is 48.7 Å². The van der Waals surface area contributed by atoms with E-state index in [9.17, 15) is 4.39 Å². The van der Waals surface area contributed by atoms with Crippen LogP contribution >= 0.6 is 0 Å². The molecule has 21 heavy (non-hydrogen) atoms. The normalized spacial score (nSPS) is 16.9. The second-order valence-corrected chi connectivity index (χ2v) is 5.45. The van der Waals surface area contributed by atoms with Gasteiger partial charge in [0.25, 0.3) is 0 Å². The van der Waals surface area contributed by atoms with Crippen molar-refractivity contribution in [2.45, 2.75) is 19.1 Å². The molecule has 2 aromatic carbocycles. The van der Waals surface area contributed by atoms with Crippen molar-refractivity contribution in [1.82, 2.24) is 4.57 Å². The first-order valence-electron chi connectivity index (χ1n) is 6.99. The Kier molecular flexibility index (Phi) is 2.64. The summed E-state index contributed by atoms with van der Waals surface area (Å²) in [5.41, 5.74) is 8.80. The van der Waals surface area contributed by atoms with Gasteiger partial charge in [-0.15, -0.1) is 0 Å². The zero-order valence-electron chi connectivity index (χ0n) is 11.4. The summed E-state index contributed by atoms with van der Waals surface area (Å²) in [5.74, 6) is 0.569. The number of rotatable bonds is 2. The van der Waals surface area contributed by atoms with Crippen LogP contribution < -0.4 is 10.5 Å². The molecule has 0 saturated carbocycles. The molecular weight excluding hydrogens is 267 g/mol.